The summed E-state index contributed by atoms with van der Waals surface area (Å²) in [5.74, 6) is 1.55. The molecule has 2 aromatic heterocycles. The van der Waals surface area contributed by atoms with Crippen molar-refractivity contribution in [1.29, 1.82) is 0 Å². The minimum Gasteiger partial charge on any atom is -0.455 e. The van der Waals surface area contributed by atoms with Gasteiger partial charge in [0, 0.05) is 22.9 Å². The van der Waals surface area contributed by atoms with Gasteiger partial charge in [-0.3, -0.25) is 4.98 Å². The Morgan fingerprint density at radius 2 is 1.89 bits per heavy atom. The number of para-hydroxylation sites is 1. The molecule has 94 valence electrons. The van der Waals surface area contributed by atoms with E-state index in [-0.39, 0.29) is 0 Å². The highest BCUT2D eigenvalue weighted by molar-refractivity contribution is 9.10. The van der Waals surface area contributed by atoms with Gasteiger partial charge in [-0.1, -0.05) is 18.2 Å². The lowest BCUT2D eigenvalue weighted by Gasteiger charge is -2.09. The van der Waals surface area contributed by atoms with Gasteiger partial charge in [-0.2, -0.15) is 0 Å². The van der Waals surface area contributed by atoms with E-state index in [9.17, 15) is 0 Å². The lowest BCUT2D eigenvalue weighted by Crippen LogP contribution is -1.91. The van der Waals surface area contributed by atoms with Crippen molar-refractivity contribution in [2.75, 3.05) is 0 Å². The minimum absolute atomic E-state index is 0.715. The average Bonchev–Trinajstić information content (AvgIpc) is 2.41. The predicted octanol–water partition coefficient (Wildman–Crippen LogP) is 4.49. The van der Waals surface area contributed by atoms with Gasteiger partial charge in [0.05, 0.1) is 5.52 Å². The molecule has 19 heavy (non-hydrogen) atoms. The van der Waals surface area contributed by atoms with E-state index >= 15 is 0 Å². The van der Waals surface area contributed by atoms with Crippen molar-refractivity contribution >= 4 is 27.0 Å². The molecule has 0 fully saturated rings. The Morgan fingerprint density at radius 1 is 1.05 bits per heavy atom. The molecule has 3 rings (SSSR count). The van der Waals surface area contributed by atoms with E-state index in [0.29, 0.717) is 5.75 Å². The van der Waals surface area contributed by atoms with E-state index in [4.69, 9.17) is 4.74 Å². The summed E-state index contributed by atoms with van der Waals surface area (Å²) in [5, 5.41) is 0. The highest BCUT2D eigenvalue weighted by Gasteiger charge is 2.07. The molecular weight excluding hydrogens is 304 g/mol. The molecule has 0 radical (unpaired) electrons. The minimum atomic E-state index is 0.715. The summed E-state index contributed by atoms with van der Waals surface area (Å²) in [4.78, 5) is 8.67. The molecule has 0 unspecified atom stereocenters. The zero-order chi connectivity index (χ0) is 13.2. The highest BCUT2D eigenvalue weighted by atomic mass is 79.9. The Labute approximate surface area is 119 Å². The van der Waals surface area contributed by atoms with E-state index in [2.05, 4.69) is 25.9 Å². The first-order valence-corrected chi connectivity index (χ1v) is 6.67. The first kappa shape index (κ1) is 12.1. The lowest BCUT2D eigenvalue weighted by molar-refractivity contribution is 0.483. The predicted molar refractivity (Wildman–Crippen MR) is 78.5 cm³/mol. The second kappa shape index (κ2) is 4.97. The fourth-order valence-corrected chi connectivity index (χ4v) is 2.17. The molecule has 4 heteroatoms. The Bertz CT molecular complexity index is 743. The van der Waals surface area contributed by atoms with Crippen LogP contribution in [0.2, 0.25) is 0 Å². The largest absolute Gasteiger partial charge is 0.455 e. The van der Waals surface area contributed by atoms with Crippen LogP contribution in [0.3, 0.4) is 0 Å². The average molecular weight is 315 g/mol. The number of fused-ring (bicyclic) bond motifs is 1. The van der Waals surface area contributed by atoms with Crippen molar-refractivity contribution in [3.63, 3.8) is 0 Å². The van der Waals surface area contributed by atoms with Gasteiger partial charge >= 0.3 is 0 Å². The smallest absolute Gasteiger partial charge is 0.156 e. The van der Waals surface area contributed by atoms with Crippen LogP contribution in [0.1, 0.15) is 5.56 Å². The summed E-state index contributed by atoms with van der Waals surface area (Å²) < 4.78 is 6.85. The van der Waals surface area contributed by atoms with Crippen molar-refractivity contribution < 1.29 is 4.74 Å². The van der Waals surface area contributed by atoms with Crippen LogP contribution in [0.4, 0.5) is 0 Å². The third-order valence-corrected chi connectivity index (χ3v) is 3.25. The number of halogens is 1. The third kappa shape index (κ3) is 2.44. The van der Waals surface area contributed by atoms with E-state index < -0.39 is 0 Å². The summed E-state index contributed by atoms with van der Waals surface area (Å²) in [6.07, 6.45) is 3.47. The topological polar surface area (TPSA) is 35.0 Å². The van der Waals surface area contributed by atoms with Crippen molar-refractivity contribution in [2.24, 2.45) is 0 Å². The van der Waals surface area contributed by atoms with Crippen LogP contribution >= 0.6 is 15.9 Å². The van der Waals surface area contributed by atoms with Gasteiger partial charge in [0.25, 0.3) is 0 Å². The highest BCUT2D eigenvalue weighted by Crippen LogP contribution is 2.29. The maximum absolute atomic E-state index is 5.94. The molecule has 2 heterocycles. The lowest BCUT2D eigenvalue weighted by atomic mass is 10.2. The number of pyridine rings is 2. The SMILES string of the molecule is Cc1ccccc1Oc1ccnc2cc(Br)cnc12. The van der Waals surface area contributed by atoms with Crippen LogP contribution in [0.25, 0.3) is 11.0 Å². The number of aromatic nitrogens is 2. The van der Waals surface area contributed by atoms with Crippen molar-refractivity contribution in [2.45, 2.75) is 6.92 Å². The van der Waals surface area contributed by atoms with Crippen LogP contribution < -0.4 is 4.74 Å². The molecule has 0 atom stereocenters. The molecule has 1 aromatic carbocycles. The normalized spacial score (nSPS) is 10.6. The monoisotopic (exact) mass is 314 g/mol. The zero-order valence-electron chi connectivity index (χ0n) is 10.3. The van der Waals surface area contributed by atoms with Crippen LogP contribution in [-0.2, 0) is 0 Å². The van der Waals surface area contributed by atoms with E-state index in [1.54, 1.807) is 12.4 Å². The van der Waals surface area contributed by atoms with Crippen molar-refractivity contribution in [3.05, 3.63) is 58.8 Å². The van der Waals surface area contributed by atoms with Crippen molar-refractivity contribution in [1.82, 2.24) is 9.97 Å². The summed E-state index contributed by atoms with van der Waals surface area (Å²) in [6.45, 7) is 2.02. The second-order valence-electron chi connectivity index (χ2n) is 4.20. The Morgan fingerprint density at radius 3 is 2.74 bits per heavy atom. The Balaban J connectivity index is 2.09. The van der Waals surface area contributed by atoms with Gasteiger partial charge in [0.15, 0.2) is 5.75 Å². The number of ether oxygens (including phenoxy) is 1. The number of benzene rings is 1. The maximum Gasteiger partial charge on any atom is 0.156 e. The molecule has 0 N–H and O–H groups in total. The summed E-state index contributed by atoms with van der Waals surface area (Å²) >= 11 is 3.39. The maximum atomic E-state index is 5.94. The first-order chi connectivity index (χ1) is 9.24. The molecule has 0 bridgehead atoms. The molecule has 0 saturated carbocycles. The molecule has 0 saturated heterocycles. The van der Waals surface area contributed by atoms with Crippen LogP contribution in [0.15, 0.2) is 53.3 Å². The quantitative estimate of drug-likeness (QED) is 0.699. The van der Waals surface area contributed by atoms with Crippen LogP contribution in [0, 0.1) is 6.92 Å². The molecule has 3 nitrogen and oxygen atoms in total. The number of rotatable bonds is 2. The van der Waals surface area contributed by atoms with Gasteiger partial charge in [0.2, 0.25) is 0 Å². The number of aryl methyl sites for hydroxylation is 1. The second-order valence-corrected chi connectivity index (χ2v) is 5.11. The summed E-state index contributed by atoms with van der Waals surface area (Å²) in [7, 11) is 0. The fraction of sp³-hybridized carbons (Fsp3) is 0.0667. The van der Waals surface area contributed by atoms with Gasteiger partial charge in [-0.05, 0) is 40.5 Å². The number of hydrogen-bond donors (Lipinski definition) is 0. The standard InChI is InChI=1S/C15H11BrN2O/c1-10-4-2-3-5-13(10)19-14-6-7-17-12-8-11(16)9-18-15(12)14/h2-9H,1H3. The molecule has 0 aliphatic heterocycles. The van der Waals surface area contributed by atoms with E-state index in [0.717, 1.165) is 26.8 Å². The van der Waals surface area contributed by atoms with Crippen molar-refractivity contribution in [3.8, 4) is 11.5 Å². The molecule has 3 aromatic rings. The number of nitrogens with zero attached hydrogens (tertiary/aromatic N) is 2. The molecule has 0 aliphatic rings. The van der Waals surface area contributed by atoms with Gasteiger partial charge in [-0.25, -0.2) is 4.98 Å². The van der Waals surface area contributed by atoms with Gasteiger partial charge in [0.1, 0.15) is 11.3 Å². The third-order valence-electron chi connectivity index (χ3n) is 2.82. The van der Waals surface area contributed by atoms with Crippen LogP contribution in [0.5, 0.6) is 11.5 Å². The Hall–Kier alpha value is -1.94. The molecule has 0 aliphatic carbocycles. The molecule has 0 spiro atoms. The zero-order valence-corrected chi connectivity index (χ0v) is 11.9. The fourth-order valence-electron chi connectivity index (χ4n) is 1.85. The van der Waals surface area contributed by atoms with Gasteiger partial charge < -0.3 is 4.74 Å². The van der Waals surface area contributed by atoms with E-state index in [1.807, 2.05) is 43.3 Å². The summed E-state index contributed by atoms with van der Waals surface area (Å²) in [6, 6.07) is 11.7. The summed E-state index contributed by atoms with van der Waals surface area (Å²) in [5.41, 5.74) is 2.65. The van der Waals surface area contributed by atoms with Gasteiger partial charge in [-0.15, -0.1) is 0 Å². The van der Waals surface area contributed by atoms with E-state index in [1.165, 1.54) is 0 Å². The molecule has 0 amide bonds. The number of hydrogen-bond acceptors (Lipinski definition) is 3. The first-order valence-electron chi connectivity index (χ1n) is 5.88. The Kier molecular flexibility index (Phi) is 3.17. The van der Waals surface area contributed by atoms with Crippen LogP contribution in [-0.4, -0.2) is 9.97 Å². The molecular formula is C15H11BrN2O.